The zero-order chi connectivity index (χ0) is 14.8. The van der Waals surface area contributed by atoms with Crippen LogP contribution in [0.15, 0.2) is 47.3 Å². The van der Waals surface area contributed by atoms with E-state index in [0.29, 0.717) is 11.6 Å². The highest BCUT2D eigenvalue weighted by molar-refractivity contribution is 9.10. The molecule has 0 fully saturated rings. The lowest BCUT2D eigenvalue weighted by molar-refractivity contribution is 0.859. The Labute approximate surface area is 135 Å². The number of pyridine rings is 1. The minimum Gasteiger partial charge on any atom is -0.354 e. The van der Waals surface area contributed by atoms with Gasteiger partial charge in [-0.2, -0.15) is 0 Å². The van der Waals surface area contributed by atoms with Crippen LogP contribution in [0.4, 0.5) is 5.82 Å². The largest absolute Gasteiger partial charge is 0.354 e. The minimum absolute atomic E-state index is 0.633. The molecule has 4 nitrogen and oxygen atoms in total. The molecule has 0 bridgehead atoms. The normalized spacial score (nSPS) is 10.8. The van der Waals surface area contributed by atoms with Crippen LogP contribution >= 0.6 is 27.5 Å². The van der Waals surface area contributed by atoms with Crippen LogP contribution in [0.2, 0.25) is 5.02 Å². The first-order valence-corrected chi connectivity index (χ1v) is 7.52. The fourth-order valence-corrected chi connectivity index (χ4v) is 2.97. The second-order valence-corrected chi connectivity index (χ2v) is 6.00. The first-order chi connectivity index (χ1) is 10.1. The van der Waals surface area contributed by atoms with Gasteiger partial charge in [0.15, 0.2) is 0 Å². The van der Waals surface area contributed by atoms with Crippen molar-refractivity contribution < 1.29 is 0 Å². The number of halogens is 2. The summed E-state index contributed by atoms with van der Waals surface area (Å²) < 4.78 is 0.947. The summed E-state index contributed by atoms with van der Waals surface area (Å²) in [6.45, 7) is 0.639. The molecule has 2 aromatic heterocycles. The van der Waals surface area contributed by atoms with E-state index >= 15 is 0 Å². The lowest BCUT2D eigenvalue weighted by Crippen LogP contribution is -2.18. The maximum Gasteiger partial charge on any atom is 0.129 e. The van der Waals surface area contributed by atoms with E-state index in [0.717, 1.165) is 26.9 Å². The summed E-state index contributed by atoms with van der Waals surface area (Å²) >= 11 is 9.70. The van der Waals surface area contributed by atoms with Crippen molar-refractivity contribution >= 4 is 44.3 Å². The zero-order valence-electron chi connectivity index (χ0n) is 11.3. The van der Waals surface area contributed by atoms with Gasteiger partial charge < -0.3 is 4.90 Å². The van der Waals surface area contributed by atoms with Gasteiger partial charge in [0.25, 0.3) is 0 Å². The third kappa shape index (κ3) is 3.14. The third-order valence-corrected chi connectivity index (χ3v) is 3.85. The summed E-state index contributed by atoms with van der Waals surface area (Å²) in [7, 11) is 1.97. The van der Waals surface area contributed by atoms with Crippen LogP contribution in [0.1, 0.15) is 5.69 Å². The number of anilines is 1. The van der Waals surface area contributed by atoms with Gasteiger partial charge in [-0.1, -0.05) is 27.5 Å². The molecule has 0 aliphatic rings. The summed E-state index contributed by atoms with van der Waals surface area (Å²) in [6.07, 6.45) is 5.10. The highest BCUT2D eigenvalue weighted by atomic mass is 79.9. The molecule has 0 unspecified atom stereocenters. The van der Waals surface area contributed by atoms with Crippen LogP contribution in [-0.2, 0) is 6.54 Å². The topological polar surface area (TPSA) is 41.9 Å². The van der Waals surface area contributed by atoms with Crippen LogP contribution in [0.3, 0.4) is 0 Å². The average molecular weight is 364 g/mol. The highest BCUT2D eigenvalue weighted by Crippen LogP contribution is 2.28. The first-order valence-electron chi connectivity index (χ1n) is 6.35. The smallest absolute Gasteiger partial charge is 0.129 e. The third-order valence-electron chi connectivity index (χ3n) is 3.10. The Hall–Kier alpha value is -1.72. The summed E-state index contributed by atoms with van der Waals surface area (Å²) in [6, 6.07) is 7.84. The van der Waals surface area contributed by atoms with Crippen molar-refractivity contribution in [2.75, 3.05) is 11.9 Å². The molecule has 0 amide bonds. The van der Waals surface area contributed by atoms with Crippen LogP contribution < -0.4 is 4.90 Å². The summed E-state index contributed by atoms with van der Waals surface area (Å²) in [5.74, 6) is 0.845. The first kappa shape index (κ1) is 14.2. The number of hydrogen-bond donors (Lipinski definition) is 0. The van der Waals surface area contributed by atoms with Gasteiger partial charge in [0.1, 0.15) is 5.82 Å². The molecule has 0 spiro atoms. The zero-order valence-corrected chi connectivity index (χ0v) is 13.6. The Balaban J connectivity index is 1.93. The molecule has 0 saturated heterocycles. The maximum absolute atomic E-state index is 6.27. The highest BCUT2D eigenvalue weighted by Gasteiger charge is 2.08. The van der Waals surface area contributed by atoms with E-state index in [2.05, 4.69) is 30.9 Å². The van der Waals surface area contributed by atoms with E-state index in [1.807, 2.05) is 36.2 Å². The minimum atomic E-state index is 0.633. The molecule has 2 heterocycles. The Morgan fingerprint density at radius 1 is 1.24 bits per heavy atom. The Morgan fingerprint density at radius 2 is 2.10 bits per heavy atom. The molecular weight excluding hydrogens is 352 g/mol. The van der Waals surface area contributed by atoms with Crippen molar-refractivity contribution in [3.05, 3.63) is 58.0 Å². The number of rotatable bonds is 3. The van der Waals surface area contributed by atoms with E-state index in [1.54, 1.807) is 18.6 Å². The molecule has 0 atom stereocenters. The molecule has 0 saturated carbocycles. The van der Waals surface area contributed by atoms with Gasteiger partial charge >= 0.3 is 0 Å². The van der Waals surface area contributed by atoms with Gasteiger partial charge in [0.05, 0.1) is 29.0 Å². The molecule has 3 rings (SSSR count). The second-order valence-electron chi connectivity index (χ2n) is 4.68. The molecule has 106 valence electrons. The van der Waals surface area contributed by atoms with Crippen molar-refractivity contribution in [3.8, 4) is 0 Å². The van der Waals surface area contributed by atoms with Crippen molar-refractivity contribution in [1.29, 1.82) is 0 Å². The molecule has 0 N–H and O–H groups in total. The molecule has 1 aromatic carbocycles. The van der Waals surface area contributed by atoms with E-state index < -0.39 is 0 Å². The number of nitrogens with zero attached hydrogens (tertiary/aromatic N) is 4. The number of benzene rings is 1. The fourth-order valence-electron chi connectivity index (χ4n) is 2.10. The van der Waals surface area contributed by atoms with Gasteiger partial charge in [0.2, 0.25) is 0 Å². The summed E-state index contributed by atoms with van der Waals surface area (Å²) in [5, 5.41) is 1.64. The Kier molecular flexibility index (Phi) is 4.03. The standard InChI is InChI=1S/C15H12BrClN4/c1-21(9-12-8-18-4-5-19-12)14-3-2-10-6-11(16)7-13(17)15(10)20-14/h2-8H,9H2,1H3. The Morgan fingerprint density at radius 3 is 2.86 bits per heavy atom. The van der Waals surface area contributed by atoms with Crippen molar-refractivity contribution in [1.82, 2.24) is 15.0 Å². The van der Waals surface area contributed by atoms with E-state index in [1.165, 1.54) is 0 Å². The predicted octanol–water partition coefficient (Wildman–Crippen LogP) is 4.08. The van der Waals surface area contributed by atoms with Crippen molar-refractivity contribution in [2.45, 2.75) is 6.54 Å². The average Bonchev–Trinajstić information content (AvgIpc) is 2.47. The predicted molar refractivity (Wildman–Crippen MR) is 88.6 cm³/mol. The molecule has 6 heteroatoms. The van der Waals surface area contributed by atoms with Gasteiger partial charge in [0, 0.05) is 29.3 Å². The number of aromatic nitrogens is 3. The molecule has 0 aliphatic carbocycles. The van der Waals surface area contributed by atoms with Gasteiger partial charge in [-0.15, -0.1) is 0 Å². The van der Waals surface area contributed by atoms with Crippen LogP contribution in [0.25, 0.3) is 10.9 Å². The van der Waals surface area contributed by atoms with Crippen LogP contribution in [-0.4, -0.2) is 22.0 Å². The lowest BCUT2D eigenvalue weighted by Gasteiger charge is -2.18. The fraction of sp³-hybridized carbons (Fsp3) is 0.133. The quantitative estimate of drug-likeness (QED) is 0.703. The molecule has 0 radical (unpaired) electrons. The van der Waals surface area contributed by atoms with E-state index in [9.17, 15) is 0 Å². The van der Waals surface area contributed by atoms with E-state index in [-0.39, 0.29) is 0 Å². The summed E-state index contributed by atoms with van der Waals surface area (Å²) in [5.41, 5.74) is 1.69. The second kappa shape index (κ2) is 5.95. The molecule has 0 aliphatic heterocycles. The summed E-state index contributed by atoms with van der Waals surface area (Å²) in [4.78, 5) is 15.0. The molecular formula is C15H12BrClN4. The van der Waals surface area contributed by atoms with Gasteiger partial charge in [-0.3, -0.25) is 9.97 Å². The SMILES string of the molecule is CN(Cc1cnccn1)c1ccc2cc(Br)cc(Cl)c2n1. The van der Waals surface area contributed by atoms with Gasteiger partial charge in [-0.05, 0) is 24.3 Å². The molecule has 21 heavy (non-hydrogen) atoms. The van der Waals surface area contributed by atoms with Crippen LogP contribution in [0, 0.1) is 0 Å². The monoisotopic (exact) mass is 362 g/mol. The molecule has 3 aromatic rings. The van der Waals surface area contributed by atoms with Crippen LogP contribution in [0.5, 0.6) is 0 Å². The number of fused-ring (bicyclic) bond motifs is 1. The van der Waals surface area contributed by atoms with Crippen molar-refractivity contribution in [2.24, 2.45) is 0 Å². The maximum atomic E-state index is 6.27. The number of hydrogen-bond acceptors (Lipinski definition) is 4. The van der Waals surface area contributed by atoms with Gasteiger partial charge in [-0.25, -0.2) is 4.98 Å². The Bertz CT molecular complexity index is 779. The van der Waals surface area contributed by atoms with E-state index in [4.69, 9.17) is 11.6 Å². The lowest BCUT2D eigenvalue weighted by atomic mass is 10.2. The van der Waals surface area contributed by atoms with Crippen molar-refractivity contribution in [3.63, 3.8) is 0 Å².